The Kier molecular flexibility index (Phi) is 2.85. The van der Waals surface area contributed by atoms with Gasteiger partial charge < -0.3 is 10.6 Å². The fourth-order valence-electron chi connectivity index (χ4n) is 2.55. The lowest BCUT2D eigenvalue weighted by Gasteiger charge is -2.28. The second kappa shape index (κ2) is 3.82. The third-order valence-electron chi connectivity index (χ3n) is 3.83. The van der Waals surface area contributed by atoms with E-state index in [1.165, 1.54) is 32.5 Å². The van der Waals surface area contributed by atoms with Crippen LogP contribution in [0.25, 0.3) is 0 Å². The molecule has 0 aromatic carbocycles. The Labute approximate surface area is 87.8 Å². The average Bonchev–Trinajstić information content (AvgIpc) is 2.71. The highest BCUT2D eigenvalue weighted by Crippen LogP contribution is 2.44. The van der Waals surface area contributed by atoms with Crippen molar-refractivity contribution in [3.8, 4) is 0 Å². The maximum Gasteiger partial charge on any atom is 0.0125 e. The summed E-state index contributed by atoms with van der Waals surface area (Å²) >= 11 is 0. The van der Waals surface area contributed by atoms with Crippen LogP contribution in [0.15, 0.2) is 0 Å². The summed E-state index contributed by atoms with van der Waals surface area (Å²) in [4.78, 5) is 0. The van der Waals surface area contributed by atoms with Gasteiger partial charge in [0.05, 0.1) is 0 Å². The van der Waals surface area contributed by atoms with Crippen molar-refractivity contribution in [1.82, 2.24) is 10.6 Å². The van der Waals surface area contributed by atoms with Crippen molar-refractivity contribution in [1.29, 1.82) is 0 Å². The van der Waals surface area contributed by atoms with Gasteiger partial charge in [0, 0.05) is 6.04 Å². The van der Waals surface area contributed by atoms with Crippen molar-refractivity contribution >= 4 is 0 Å². The van der Waals surface area contributed by atoms with E-state index in [1.54, 1.807) is 0 Å². The Morgan fingerprint density at radius 2 is 2.07 bits per heavy atom. The summed E-state index contributed by atoms with van der Waals surface area (Å²) in [6, 6.07) is 0.791. The third kappa shape index (κ3) is 2.48. The molecule has 0 spiro atoms. The molecule has 0 bridgehead atoms. The molecule has 14 heavy (non-hydrogen) atoms. The molecule has 1 aliphatic heterocycles. The Bertz CT molecular complexity index is 200. The van der Waals surface area contributed by atoms with Gasteiger partial charge in [0.25, 0.3) is 0 Å². The molecule has 0 radical (unpaired) electrons. The van der Waals surface area contributed by atoms with Crippen LogP contribution in [0.1, 0.15) is 33.6 Å². The van der Waals surface area contributed by atoms with Gasteiger partial charge in [0.2, 0.25) is 0 Å². The molecule has 0 aromatic heterocycles. The summed E-state index contributed by atoms with van der Waals surface area (Å²) in [5.74, 6) is 1.72. The second-order valence-corrected chi connectivity index (χ2v) is 6.02. The predicted molar refractivity (Wildman–Crippen MR) is 60.3 cm³/mol. The lowest BCUT2D eigenvalue weighted by Crippen LogP contribution is -2.40. The second-order valence-electron chi connectivity index (χ2n) is 6.02. The van der Waals surface area contributed by atoms with E-state index < -0.39 is 0 Å². The van der Waals surface area contributed by atoms with Crippen molar-refractivity contribution in [2.24, 2.45) is 17.3 Å². The van der Waals surface area contributed by atoms with E-state index in [1.807, 2.05) is 0 Å². The number of piperidine rings is 1. The van der Waals surface area contributed by atoms with Crippen LogP contribution < -0.4 is 10.6 Å². The van der Waals surface area contributed by atoms with Gasteiger partial charge in [0.15, 0.2) is 0 Å². The van der Waals surface area contributed by atoms with Crippen LogP contribution in [-0.4, -0.2) is 25.7 Å². The largest absolute Gasteiger partial charge is 0.316 e. The molecule has 2 nitrogen and oxygen atoms in total. The molecule has 3 atom stereocenters. The first-order valence-corrected chi connectivity index (χ1v) is 6.02. The van der Waals surface area contributed by atoms with Crippen LogP contribution in [-0.2, 0) is 0 Å². The number of hydrogen-bond acceptors (Lipinski definition) is 2. The molecule has 2 rings (SSSR count). The standard InChI is InChI=1S/C12H24N2/c1-9-4-10(7-13-6-9)8-14-11-5-12(11,2)3/h9-11,13-14H,4-8H2,1-3H3. The summed E-state index contributed by atoms with van der Waals surface area (Å²) in [5.41, 5.74) is 0.577. The minimum atomic E-state index is 0.577. The molecule has 2 N–H and O–H groups in total. The van der Waals surface area contributed by atoms with Crippen molar-refractivity contribution in [2.75, 3.05) is 19.6 Å². The Balaban J connectivity index is 1.66. The van der Waals surface area contributed by atoms with Gasteiger partial charge in [0.1, 0.15) is 0 Å². The minimum absolute atomic E-state index is 0.577. The monoisotopic (exact) mass is 196 g/mol. The summed E-state index contributed by atoms with van der Waals surface area (Å²) in [6.45, 7) is 10.7. The molecule has 1 saturated heterocycles. The third-order valence-corrected chi connectivity index (χ3v) is 3.83. The molecular weight excluding hydrogens is 172 g/mol. The minimum Gasteiger partial charge on any atom is -0.316 e. The van der Waals surface area contributed by atoms with Gasteiger partial charge in [-0.25, -0.2) is 0 Å². The lowest BCUT2D eigenvalue weighted by molar-refractivity contribution is 0.290. The molecule has 82 valence electrons. The fourth-order valence-corrected chi connectivity index (χ4v) is 2.55. The molecule has 2 fully saturated rings. The van der Waals surface area contributed by atoms with E-state index >= 15 is 0 Å². The smallest absolute Gasteiger partial charge is 0.0125 e. The van der Waals surface area contributed by atoms with Crippen LogP contribution in [0.4, 0.5) is 0 Å². The molecule has 0 amide bonds. The van der Waals surface area contributed by atoms with Gasteiger partial charge in [-0.2, -0.15) is 0 Å². The van der Waals surface area contributed by atoms with E-state index in [0.29, 0.717) is 5.41 Å². The highest BCUT2D eigenvalue weighted by molar-refractivity contribution is 5.01. The highest BCUT2D eigenvalue weighted by atomic mass is 15.0. The first kappa shape index (κ1) is 10.4. The number of rotatable bonds is 3. The summed E-state index contributed by atoms with van der Waals surface area (Å²) in [7, 11) is 0. The van der Waals surface area contributed by atoms with E-state index in [0.717, 1.165) is 17.9 Å². The zero-order valence-corrected chi connectivity index (χ0v) is 9.77. The van der Waals surface area contributed by atoms with Gasteiger partial charge in [-0.05, 0) is 49.7 Å². The fraction of sp³-hybridized carbons (Fsp3) is 1.00. The molecule has 1 aliphatic carbocycles. The van der Waals surface area contributed by atoms with Crippen molar-refractivity contribution in [3.63, 3.8) is 0 Å². The zero-order valence-electron chi connectivity index (χ0n) is 9.77. The topological polar surface area (TPSA) is 24.1 Å². The normalized spacial score (nSPS) is 40.9. The molecule has 2 heteroatoms. The summed E-state index contributed by atoms with van der Waals surface area (Å²) in [6.07, 6.45) is 2.76. The first-order valence-electron chi connectivity index (χ1n) is 6.02. The Hall–Kier alpha value is -0.0800. The van der Waals surface area contributed by atoms with Crippen molar-refractivity contribution in [3.05, 3.63) is 0 Å². The van der Waals surface area contributed by atoms with Crippen molar-refractivity contribution < 1.29 is 0 Å². The van der Waals surface area contributed by atoms with E-state index in [9.17, 15) is 0 Å². The van der Waals surface area contributed by atoms with E-state index in [2.05, 4.69) is 31.4 Å². The maximum absolute atomic E-state index is 3.70. The highest BCUT2D eigenvalue weighted by Gasteiger charge is 2.45. The van der Waals surface area contributed by atoms with Crippen LogP contribution in [0, 0.1) is 17.3 Å². The van der Waals surface area contributed by atoms with Crippen LogP contribution >= 0.6 is 0 Å². The lowest BCUT2D eigenvalue weighted by atomic mass is 9.92. The van der Waals surface area contributed by atoms with Crippen molar-refractivity contribution in [2.45, 2.75) is 39.7 Å². The SMILES string of the molecule is CC1CNCC(CNC2CC2(C)C)C1. The van der Waals surface area contributed by atoms with Crippen LogP contribution in [0.5, 0.6) is 0 Å². The first-order chi connectivity index (χ1) is 6.58. The maximum atomic E-state index is 3.70. The molecule has 1 saturated carbocycles. The quantitative estimate of drug-likeness (QED) is 0.717. The average molecular weight is 196 g/mol. The molecule has 0 aromatic rings. The Morgan fingerprint density at radius 3 is 2.64 bits per heavy atom. The predicted octanol–water partition coefficient (Wildman–Crippen LogP) is 1.62. The number of hydrogen-bond donors (Lipinski definition) is 2. The van der Waals surface area contributed by atoms with Gasteiger partial charge in [-0.3, -0.25) is 0 Å². The molecule has 1 heterocycles. The van der Waals surface area contributed by atoms with Gasteiger partial charge in [-0.15, -0.1) is 0 Å². The van der Waals surface area contributed by atoms with Gasteiger partial charge in [-0.1, -0.05) is 20.8 Å². The number of nitrogens with one attached hydrogen (secondary N) is 2. The van der Waals surface area contributed by atoms with E-state index in [4.69, 9.17) is 0 Å². The summed E-state index contributed by atoms with van der Waals surface area (Å²) < 4.78 is 0. The zero-order chi connectivity index (χ0) is 10.2. The summed E-state index contributed by atoms with van der Waals surface area (Å²) in [5, 5.41) is 7.21. The van der Waals surface area contributed by atoms with Crippen LogP contribution in [0.2, 0.25) is 0 Å². The molecule has 3 unspecified atom stereocenters. The van der Waals surface area contributed by atoms with E-state index in [-0.39, 0.29) is 0 Å². The molecular formula is C12H24N2. The Morgan fingerprint density at radius 1 is 1.36 bits per heavy atom. The van der Waals surface area contributed by atoms with Crippen LogP contribution in [0.3, 0.4) is 0 Å². The molecule has 2 aliphatic rings. The van der Waals surface area contributed by atoms with Gasteiger partial charge >= 0.3 is 0 Å².